The van der Waals surface area contributed by atoms with Crippen LogP contribution >= 0.6 is 0 Å². The Morgan fingerprint density at radius 3 is 2.40 bits per heavy atom. The summed E-state index contributed by atoms with van der Waals surface area (Å²) >= 11 is 0. The fraction of sp³-hybridized carbons (Fsp3) is 0.588. The van der Waals surface area contributed by atoms with Gasteiger partial charge in [-0.1, -0.05) is 31.5 Å². The van der Waals surface area contributed by atoms with Crippen molar-refractivity contribution < 1.29 is 5.11 Å². The predicted molar refractivity (Wildman–Crippen MR) is 171 cm³/mol. The number of nitrogens with one attached hydrogen (secondary N) is 1. The molecule has 8 heteroatoms. The summed E-state index contributed by atoms with van der Waals surface area (Å²) in [6.07, 6.45) is 3.99. The Kier molecular flexibility index (Phi) is 9.38. The van der Waals surface area contributed by atoms with Crippen molar-refractivity contribution in [2.24, 2.45) is 0 Å². The first kappa shape index (κ1) is 30.7. The minimum Gasteiger partial charge on any atom is -0.508 e. The fourth-order valence-electron chi connectivity index (χ4n) is 7.44. The van der Waals surface area contributed by atoms with Gasteiger partial charge in [0, 0.05) is 56.9 Å². The molecule has 42 heavy (non-hydrogen) atoms. The number of hydrogen-bond donors (Lipinski definition) is 2. The van der Waals surface area contributed by atoms with Crippen LogP contribution < -0.4 is 10.9 Å². The summed E-state index contributed by atoms with van der Waals surface area (Å²) in [5.74, 6) is 1.23. The quantitative estimate of drug-likeness (QED) is 0.384. The Hall–Kier alpha value is -2.78. The third kappa shape index (κ3) is 6.13. The number of piperazine rings is 1. The lowest BCUT2D eigenvalue weighted by molar-refractivity contribution is 0.0506. The van der Waals surface area contributed by atoms with Crippen molar-refractivity contribution in [3.05, 3.63) is 69.8 Å². The number of piperidine rings is 1. The van der Waals surface area contributed by atoms with Gasteiger partial charge in [0.05, 0.1) is 16.9 Å². The molecule has 0 radical (unpaired) electrons. The summed E-state index contributed by atoms with van der Waals surface area (Å²) < 4.78 is 1.92. The lowest BCUT2D eigenvalue weighted by Crippen LogP contribution is -2.55. The van der Waals surface area contributed by atoms with Crippen molar-refractivity contribution >= 4 is 10.9 Å². The number of phenols is 1. The molecule has 2 saturated heterocycles. The number of hydrogen-bond acceptors (Lipinski definition) is 7. The molecular formula is C34H50N6O2. The smallest absolute Gasteiger partial charge is 0.261 e. The first-order chi connectivity index (χ1) is 20.1. The number of nitrogens with zero attached hydrogens (tertiary/aromatic N) is 5. The van der Waals surface area contributed by atoms with Crippen molar-refractivity contribution in [2.75, 3.05) is 40.3 Å². The Bertz CT molecular complexity index is 1420. The summed E-state index contributed by atoms with van der Waals surface area (Å²) in [4.78, 5) is 26.4. The molecule has 2 fully saturated rings. The topological polar surface area (TPSA) is 76.9 Å². The molecule has 228 valence electrons. The minimum atomic E-state index is -0.0944. The van der Waals surface area contributed by atoms with E-state index in [0.29, 0.717) is 24.4 Å². The van der Waals surface area contributed by atoms with Crippen LogP contribution in [0, 0.1) is 0 Å². The highest BCUT2D eigenvalue weighted by atomic mass is 16.3. The molecule has 0 saturated carbocycles. The zero-order chi connectivity index (χ0) is 30.0. The number of benzene rings is 2. The maximum Gasteiger partial charge on any atom is 0.261 e. The molecular weight excluding hydrogens is 524 g/mol. The molecule has 2 aliphatic rings. The first-order valence-corrected chi connectivity index (χ1v) is 15.9. The molecule has 3 aromatic rings. The van der Waals surface area contributed by atoms with Gasteiger partial charge in [-0.2, -0.15) is 0 Å². The molecule has 3 unspecified atom stereocenters. The number of rotatable bonds is 9. The van der Waals surface area contributed by atoms with E-state index in [9.17, 15) is 9.90 Å². The van der Waals surface area contributed by atoms with Gasteiger partial charge in [-0.15, -0.1) is 0 Å². The van der Waals surface area contributed by atoms with E-state index in [4.69, 9.17) is 4.98 Å². The van der Waals surface area contributed by atoms with Crippen LogP contribution in [0.3, 0.4) is 0 Å². The number of aromatic hydroxyl groups is 1. The van der Waals surface area contributed by atoms with Crippen LogP contribution in [0.25, 0.3) is 10.9 Å². The van der Waals surface area contributed by atoms with Crippen LogP contribution in [0.2, 0.25) is 0 Å². The second-order valence-electron chi connectivity index (χ2n) is 12.9. The lowest BCUT2D eigenvalue weighted by atomic mass is 9.79. The second-order valence-corrected chi connectivity index (χ2v) is 12.9. The largest absolute Gasteiger partial charge is 0.508 e. The molecule has 3 atom stereocenters. The average molecular weight is 575 g/mol. The van der Waals surface area contributed by atoms with Gasteiger partial charge >= 0.3 is 0 Å². The van der Waals surface area contributed by atoms with Crippen LogP contribution in [-0.4, -0.2) is 81.7 Å². The van der Waals surface area contributed by atoms with Gasteiger partial charge in [0.2, 0.25) is 0 Å². The highest BCUT2D eigenvalue weighted by Gasteiger charge is 2.38. The average Bonchev–Trinajstić information content (AvgIpc) is 2.96. The lowest BCUT2D eigenvalue weighted by Gasteiger charge is -2.46. The maximum absolute atomic E-state index is 13.9. The van der Waals surface area contributed by atoms with E-state index in [1.165, 1.54) is 5.56 Å². The van der Waals surface area contributed by atoms with Crippen LogP contribution in [0.15, 0.2) is 47.3 Å². The maximum atomic E-state index is 13.9. The van der Waals surface area contributed by atoms with Crippen molar-refractivity contribution in [1.82, 2.24) is 29.6 Å². The van der Waals surface area contributed by atoms with E-state index >= 15 is 0 Å². The number of phenolic OH excluding ortho intramolecular Hbond substituents is 1. The van der Waals surface area contributed by atoms with E-state index in [0.717, 1.165) is 80.7 Å². The SMILES string of the molecule is CCCC(c1nc2ccc(CN3CCC(c4cccc(O)c4)(N(C)C)CC3)cc2c(=O)n1CC)N1CC(C)NC(C)C1. The van der Waals surface area contributed by atoms with Gasteiger partial charge < -0.3 is 10.4 Å². The first-order valence-electron chi connectivity index (χ1n) is 15.9. The van der Waals surface area contributed by atoms with Crippen molar-refractivity contribution in [1.29, 1.82) is 0 Å². The van der Waals surface area contributed by atoms with Crippen LogP contribution in [0.5, 0.6) is 5.75 Å². The molecule has 5 rings (SSSR count). The summed E-state index contributed by atoms with van der Waals surface area (Å²) in [5.41, 5.74) is 3.11. The van der Waals surface area contributed by atoms with Crippen LogP contribution in [0.4, 0.5) is 0 Å². The van der Waals surface area contributed by atoms with Gasteiger partial charge in [0.25, 0.3) is 5.56 Å². The normalized spacial score (nSPS) is 22.5. The molecule has 8 nitrogen and oxygen atoms in total. The third-order valence-electron chi connectivity index (χ3n) is 9.58. The molecule has 0 aliphatic carbocycles. The van der Waals surface area contributed by atoms with Crippen LogP contribution in [-0.2, 0) is 18.6 Å². The number of fused-ring (bicyclic) bond motifs is 1. The van der Waals surface area contributed by atoms with Gasteiger partial charge in [-0.25, -0.2) is 4.98 Å². The molecule has 0 bridgehead atoms. The van der Waals surface area contributed by atoms with Crippen LogP contribution in [0.1, 0.15) is 76.4 Å². The van der Waals surface area contributed by atoms with E-state index < -0.39 is 0 Å². The highest BCUT2D eigenvalue weighted by molar-refractivity contribution is 5.78. The molecule has 1 aromatic heterocycles. The molecule has 3 heterocycles. The van der Waals surface area contributed by atoms with Crippen molar-refractivity contribution in [3.63, 3.8) is 0 Å². The molecule has 0 spiro atoms. The van der Waals surface area contributed by atoms with Crippen molar-refractivity contribution in [3.8, 4) is 5.75 Å². The summed E-state index contributed by atoms with van der Waals surface area (Å²) in [6, 6.07) is 15.0. The molecule has 2 aliphatic heterocycles. The van der Waals surface area contributed by atoms with Gasteiger partial charge in [-0.3, -0.25) is 24.1 Å². The Labute approximate surface area is 251 Å². The predicted octanol–water partition coefficient (Wildman–Crippen LogP) is 4.70. The monoisotopic (exact) mass is 574 g/mol. The standard InChI is InChI=1S/C34H50N6O2/c1-7-10-31(39-21-24(3)35-25(4)22-39)32-36-30-14-13-26(19-29(30)33(42)40(32)8-2)23-38-17-15-34(16-18-38,37(5)6)27-11-9-12-28(41)20-27/h9,11-14,19-20,24-25,31,35,41H,7-8,10,15-18,21-23H2,1-6H3. The summed E-state index contributed by atoms with van der Waals surface area (Å²) in [7, 11) is 4.27. The Morgan fingerprint density at radius 1 is 1.07 bits per heavy atom. The summed E-state index contributed by atoms with van der Waals surface area (Å²) in [6.45, 7) is 14.0. The van der Waals surface area contributed by atoms with Crippen molar-refractivity contribution in [2.45, 2.75) is 90.1 Å². The summed E-state index contributed by atoms with van der Waals surface area (Å²) in [5, 5.41) is 14.5. The second kappa shape index (κ2) is 12.8. The number of likely N-dealkylation sites (tertiary alicyclic amines) is 1. The minimum absolute atomic E-state index is 0.0749. The molecule has 0 amide bonds. The molecule has 2 aromatic carbocycles. The number of aromatic nitrogens is 2. The van der Waals surface area contributed by atoms with E-state index in [-0.39, 0.29) is 17.1 Å². The highest BCUT2D eigenvalue weighted by Crippen LogP contribution is 2.39. The Morgan fingerprint density at radius 2 is 1.79 bits per heavy atom. The van der Waals surface area contributed by atoms with E-state index in [1.54, 1.807) is 6.07 Å². The fourth-order valence-corrected chi connectivity index (χ4v) is 7.44. The van der Waals surface area contributed by atoms with Gasteiger partial charge in [0.1, 0.15) is 11.6 Å². The zero-order valence-corrected chi connectivity index (χ0v) is 26.4. The third-order valence-corrected chi connectivity index (χ3v) is 9.58. The Balaban J connectivity index is 1.38. The molecule has 2 N–H and O–H groups in total. The van der Waals surface area contributed by atoms with E-state index in [1.807, 2.05) is 16.7 Å². The van der Waals surface area contributed by atoms with Gasteiger partial charge in [-0.05, 0) is 89.5 Å². The zero-order valence-electron chi connectivity index (χ0n) is 26.4. The van der Waals surface area contributed by atoms with E-state index in [2.05, 4.69) is 86.1 Å². The van der Waals surface area contributed by atoms with Gasteiger partial charge in [0.15, 0.2) is 0 Å².